The standard InChI is InChI=1S/C18H32N2O3/c1-13(19-15-9-8-14(11-15)12-21)16-7-5-6-10-20(16)17(22)23-18(2,3)4/h8-9,13-16,19,21H,5-7,10-12H2,1-4H3/t13?,14-,15+,16?/m0/s1. The number of aliphatic hydroxyl groups excluding tert-OH is 1. The van der Waals surface area contributed by atoms with E-state index in [-0.39, 0.29) is 36.7 Å². The van der Waals surface area contributed by atoms with Crippen LogP contribution in [0.2, 0.25) is 0 Å². The number of ether oxygens (including phenoxy) is 1. The third-order valence-corrected chi connectivity index (χ3v) is 4.64. The number of aliphatic hydroxyl groups is 1. The maximum atomic E-state index is 12.5. The van der Waals surface area contributed by atoms with Gasteiger partial charge in [0.15, 0.2) is 0 Å². The summed E-state index contributed by atoms with van der Waals surface area (Å²) in [4.78, 5) is 14.4. The lowest BCUT2D eigenvalue weighted by molar-refractivity contribution is 0.00523. The van der Waals surface area contributed by atoms with Gasteiger partial charge in [0, 0.05) is 31.2 Å². The third kappa shape index (κ3) is 5.21. The normalized spacial score (nSPS) is 29.6. The van der Waals surface area contributed by atoms with Crippen LogP contribution in [0.3, 0.4) is 0 Å². The van der Waals surface area contributed by atoms with Crippen LogP contribution in [0.25, 0.3) is 0 Å². The van der Waals surface area contributed by atoms with Crippen molar-refractivity contribution in [1.29, 1.82) is 0 Å². The van der Waals surface area contributed by atoms with Crippen LogP contribution in [0.4, 0.5) is 4.79 Å². The highest BCUT2D eigenvalue weighted by Crippen LogP contribution is 2.24. The van der Waals surface area contributed by atoms with Crippen LogP contribution in [0.5, 0.6) is 0 Å². The molecule has 0 aromatic heterocycles. The zero-order valence-electron chi connectivity index (χ0n) is 14.9. The van der Waals surface area contributed by atoms with Crippen molar-refractivity contribution in [2.24, 2.45) is 5.92 Å². The van der Waals surface area contributed by atoms with E-state index in [1.54, 1.807) is 0 Å². The molecule has 0 bridgehead atoms. The Balaban J connectivity index is 1.94. The number of carbonyl (C=O) groups is 1. The number of hydrogen-bond acceptors (Lipinski definition) is 4. The van der Waals surface area contributed by atoms with E-state index in [0.717, 1.165) is 32.2 Å². The number of hydrogen-bond donors (Lipinski definition) is 2. The predicted molar refractivity (Wildman–Crippen MR) is 91.3 cm³/mol. The summed E-state index contributed by atoms with van der Waals surface area (Å²) in [6.07, 6.45) is 8.14. The molecule has 0 saturated carbocycles. The van der Waals surface area contributed by atoms with Gasteiger partial charge < -0.3 is 20.1 Å². The average molecular weight is 324 g/mol. The highest BCUT2D eigenvalue weighted by molar-refractivity contribution is 5.68. The summed E-state index contributed by atoms with van der Waals surface area (Å²) in [7, 11) is 0. The maximum Gasteiger partial charge on any atom is 0.410 e. The highest BCUT2D eigenvalue weighted by Gasteiger charge is 2.34. The van der Waals surface area contributed by atoms with Gasteiger partial charge in [-0.2, -0.15) is 0 Å². The number of likely N-dealkylation sites (tertiary alicyclic amines) is 1. The molecule has 2 aliphatic rings. The number of nitrogens with zero attached hydrogens (tertiary/aromatic N) is 1. The van der Waals surface area contributed by atoms with Crippen molar-refractivity contribution in [3.63, 3.8) is 0 Å². The molecule has 2 rings (SSSR count). The van der Waals surface area contributed by atoms with E-state index in [1.807, 2.05) is 25.7 Å². The number of piperidine rings is 1. The summed E-state index contributed by atoms with van der Waals surface area (Å²) < 4.78 is 5.57. The molecule has 0 spiro atoms. The minimum atomic E-state index is -0.460. The van der Waals surface area contributed by atoms with Gasteiger partial charge in [-0.1, -0.05) is 12.2 Å². The van der Waals surface area contributed by atoms with E-state index >= 15 is 0 Å². The zero-order valence-corrected chi connectivity index (χ0v) is 14.9. The lowest BCUT2D eigenvalue weighted by Crippen LogP contribution is -2.55. The fourth-order valence-electron chi connectivity index (χ4n) is 3.51. The summed E-state index contributed by atoms with van der Waals surface area (Å²) in [6, 6.07) is 0.652. The van der Waals surface area contributed by atoms with Crippen LogP contribution >= 0.6 is 0 Å². The molecule has 0 radical (unpaired) electrons. The molecule has 5 nitrogen and oxygen atoms in total. The van der Waals surface area contributed by atoms with Gasteiger partial charge in [-0.3, -0.25) is 0 Å². The topological polar surface area (TPSA) is 61.8 Å². The third-order valence-electron chi connectivity index (χ3n) is 4.64. The minimum Gasteiger partial charge on any atom is -0.444 e. The molecule has 4 atom stereocenters. The smallest absolute Gasteiger partial charge is 0.410 e. The van der Waals surface area contributed by atoms with Crippen LogP contribution in [0.15, 0.2) is 12.2 Å². The van der Waals surface area contributed by atoms with Crippen molar-refractivity contribution in [2.75, 3.05) is 13.2 Å². The van der Waals surface area contributed by atoms with Gasteiger partial charge in [-0.15, -0.1) is 0 Å². The first kappa shape index (κ1) is 18.3. The summed E-state index contributed by atoms with van der Waals surface area (Å²) in [5, 5.41) is 12.9. The van der Waals surface area contributed by atoms with Crippen LogP contribution in [0, 0.1) is 5.92 Å². The lowest BCUT2D eigenvalue weighted by Gasteiger charge is -2.40. The molecule has 5 heteroatoms. The Morgan fingerprint density at radius 3 is 2.74 bits per heavy atom. The van der Waals surface area contributed by atoms with Crippen LogP contribution in [0.1, 0.15) is 53.4 Å². The Labute approximate surface area is 140 Å². The molecule has 1 aliphatic heterocycles. The Hall–Kier alpha value is -1.07. The van der Waals surface area contributed by atoms with Gasteiger partial charge in [-0.25, -0.2) is 4.79 Å². The Kier molecular flexibility index (Phi) is 6.09. The SMILES string of the molecule is CC(N[C@@H]1C=C[C@H](CO)C1)C1CCCCN1C(=O)OC(C)(C)C. The first-order valence-electron chi connectivity index (χ1n) is 8.85. The molecule has 0 aromatic rings. The molecule has 23 heavy (non-hydrogen) atoms. The van der Waals surface area contributed by atoms with Crippen molar-refractivity contribution in [1.82, 2.24) is 10.2 Å². The van der Waals surface area contributed by atoms with Crippen LogP contribution in [-0.4, -0.2) is 53.0 Å². The molecule has 1 amide bonds. The van der Waals surface area contributed by atoms with Gasteiger partial charge in [-0.05, 0) is 53.4 Å². The van der Waals surface area contributed by atoms with Gasteiger partial charge in [0.05, 0.1) is 6.04 Å². The Bertz CT molecular complexity index is 430. The quantitative estimate of drug-likeness (QED) is 0.781. The monoisotopic (exact) mass is 324 g/mol. The van der Waals surface area contributed by atoms with E-state index in [9.17, 15) is 9.90 Å². The van der Waals surface area contributed by atoms with Crippen molar-refractivity contribution < 1.29 is 14.6 Å². The molecule has 132 valence electrons. The highest BCUT2D eigenvalue weighted by atomic mass is 16.6. The number of rotatable bonds is 4. The molecule has 2 unspecified atom stereocenters. The molecular weight excluding hydrogens is 292 g/mol. The van der Waals surface area contributed by atoms with Gasteiger partial charge >= 0.3 is 6.09 Å². The van der Waals surface area contributed by atoms with Gasteiger partial charge in [0.25, 0.3) is 0 Å². The maximum absolute atomic E-state index is 12.5. The average Bonchev–Trinajstić information content (AvgIpc) is 2.93. The predicted octanol–water partition coefficient (Wildman–Crippen LogP) is 2.69. The van der Waals surface area contributed by atoms with E-state index in [1.165, 1.54) is 0 Å². The second-order valence-electron chi connectivity index (χ2n) is 7.86. The summed E-state index contributed by atoms with van der Waals surface area (Å²) in [6.45, 7) is 8.84. The molecule has 1 heterocycles. The first-order chi connectivity index (χ1) is 10.8. The lowest BCUT2D eigenvalue weighted by atomic mass is 9.96. The number of nitrogens with one attached hydrogen (secondary N) is 1. The van der Waals surface area contributed by atoms with Crippen molar-refractivity contribution in [3.05, 3.63) is 12.2 Å². The van der Waals surface area contributed by atoms with E-state index in [2.05, 4.69) is 24.4 Å². The van der Waals surface area contributed by atoms with Gasteiger partial charge in [0.1, 0.15) is 5.60 Å². The zero-order chi connectivity index (χ0) is 17.0. The fraction of sp³-hybridized carbons (Fsp3) is 0.833. The van der Waals surface area contributed by atoms with Crippen LogP contribution < -0.4 is 5.32 Å². The Morgan fingerprint density at radius 1 is 1.39 bits per heavy atom. The summed E-state index contributed by atoms with van der Waals surface area (Å²) in [5.41, 5.74) is -0.460. The molecule has 1 fully saturated rings. The molecule has 1 saturated heterocycles. The summed E-state index contributed by atoms with van der Waals surface area (Å²) in [5.74, 6) is 0.257. The number of carbonyl (C=O) groups excluding carboxylic acids is 1. The van der Waals surface area contributed by atoms with E-state index in [4.69, 9.17) is 4.74 Å². The second-order valence-corrected chi connectivity index (χ2v) is 7.86. The minimum absolute atomic E-state index is 0.167. The van der Waals surface area contributed by atoms with Crippen molar-refractivity contribution in [2.45, 2.75) is 77.1 Å². The molecular formula is C18H32N2O3. The summed E-state index contributed by atoms with van der Waals surface area (Å²) >= 11 is 0. The van der Waals surface area contributed by atoms with E-state index < -0.39 is 5.60 Å². The first-order valence-corrected chi connectivity index (χ1v) is 8.85. The fourth-order valence-corrected chi connectivity index (χ4v) is 3.51. The van der Waals surface area contributed by atoms with Crippen molar-refractivity contribution in [3.8, 4) is 0 Å². The van der Waals surface area contributed by atoms with E-state index in [0.29, 0.717) is 0 Å². The molecule has 0 aromatic carbocycles. The largest absolute Gasteiger partial charge is 0.444 e. The molecule has 2 N–H and O–H groups in total. The number of amides is 1. The Morgan fingerprint density at radius 2 is 2.13 bits per heavy atom. The molecule has 1 aliphatic carbocycles. The van der Waals surface area contributed by atoms with Crippen LogP contribution in [-0.2, 0) is 4.74 Å². The van der Waals surface area contributed by atoms with Gasteiger partial charge in [0.2, 0.25) is 0 Å². The van der Waals surface area contributed by atoms with Crippen molar-refractivity contribution >= 4 is 6.09 Å². The second kappa shape index (κ2) is 7.67.